The summed E-state index contributed by atoms with van der Waals surface area (Å²) >= 11 is 0.144. The molecular weight excluding hydrogens is 992 g/mol. The molecule has 15 rings (SSSR count). The zero-order valence-electron chi connectivity index (χ0n) is 42.1. The van der Waals surface area contributed by atoms with Gasteiger partial charge in [-0.15, -0.1) is 0 Å². The Morgan fingerprint density at radius 1 is 0.169 bits per heavy atom. The number of benzene rings is 14. The van der Waals surface area contributed by atoms with Crippen molar-refractivity contribution >= 4 is 76.9 Å². The summed E-state index contributed by atoms with van der Waals surface area (Å²) in [6, 6.07) is 108. The first-order chi connectivity index (χ1) is 38.2. The van der Waals surface area contributed by atoms with Crippen LogP contribution in [0.25, 0.3) is 151 Å². The van der Waals surface area contributed by atoms with E-state index >= 15 is 0 Å². The van der Waals surface area contributed by atoms with Crippen molar-refractivity contribution < 1.29 is 0 Å². The van der Waals surface area contributed by atoms with Gasteiger partial charge in [-0.25, -0.2) is 0 Å². The molecule has 0 amide bonds. The molecule has 77 heavy (non-hydrogen) atoms. The fourth-order valence-corrected chi connectivity index (χ4v) is 14.7. The van der Waals surface area contributed by atoms with Crippen LogP contribution in [0.5, 0.6) is 0 Å². The molecule has 358 valence electrons. The summed E-state index contributed by atoms with van der Waals surface area (Å²) in [5, 5.41) is 12.7. The molecule has 1 aromatic heterocycles. The zero-order chi connectivity index (χ0) is 50.8. The van der Waals surface area contributed by atoms with Gasteiger partial charge in [0, 0.05) is 0 Å². The van der Waals surface area contributed by atoms with Gasteiger partial charge in [0.2, 0.25) is 0 Å². The van der Waals surface area contributed by atoms with E-state index in [1.165, 1.54) is 151 Å². The minimum atomic E-state index is 0.144. The SMILES string of the molecule is c1ccc(-c2cc(-c3ccccc3)cc(-c3c4ccccc4c(-c4ccc5[se]c6cccc(-c7c8ccccc8c(-c8cc(-c9ccccc9)cc(-c9ccccc9)c8)c8ccccc78)c6c5c4)c4ccccc34)c2)cc1. The minimum Gasteiger partial charge on any atom is -0.0617 e. The molecule has 15 aromatic rings. The molecule has 14 aromatic carbocycles. The van der Waals surface area contributed by atoms with Crippen molar-refractivity contribution in [1.29, 1.82) is 0 Å². The Kier molecular flexibility index (Phi) is 11.0. The summed E-state index contributed by atoms with van der Waals surface area (Å²) in [5.74, 6) is 0. The van der Waals surface area contributed by atoms with E-state index in [2.05, 4.69) is 291 Å². The van der Waals surface area contributed by atoms with E-state index in [1.54, 1.807) is 0 Å². The molecule has 0 saturated carbocycles. The van der Waals surface area contributed by atoms with Crippen LogP contribution in [0.15, 0.2) is 291 Å². The minimum absolute atomic E-state index is 0.144. The largest absolute Gasteiger partial charge is 0.0617 e. The third-order valence-corrected chi connectivity index (χ3v) is 18.2. The molecule has 0 radical (unpaired) electrons. The monoisotopic (exact) mass is 1040 g/mol. The van der Waals surface area contributed by atoms with Gasteiger partial charge in [-0.3, -0.25) is 0 Å². The number of hydrogen-bond acceptors (Lipinski definition) is 0. The third-order valence-electron chi connectivity index (χ3n) is 15.8. The molecule has 0 bridgehead atoms. The molecule has 0 aliphatic rings. The van der Waals surface area contributed by atoms with Crippen molar-refractivity contribution in [3.8, 4) is 89.0 Å². The number of rotatable bonds is 8. The Balaban J connectivity index is 0.953. The summed E-state index contributed by atoms with van der Waals surface area (Å²) in [4.78, 5) is 0. The number of hydrogen-bond donors (Lipinski definition) is 0. The first kappa shape index (κ1) is 45.1. The van der Waals surface area contributed by atoms with Crippen molar-refractivity contribution in [2.45, 2.75) is 0 Å². The maximum atomic E-state index is 2.53. The number of fused-ring (bicyclic) bond motifs is 7. The summed E-state index contributed by atoms with van der Waals surface area (Å²) < 4.78 is 2.86. The molecule has 0 aliphatic carbocycles. The van der Waals surface area contributed by atoms with Crippen molar-refractivity contribution in [3.05, 3.63) is 291 Å². The smallest absolute Gasteiger partial charge is 0.0544 e. The Hall–Kier alpha value is -9.36. The van der Waals surface area contributed by atoms with E-state index in [0.29, 0.717) is 0 Å². The molecule has 0 spiro atoms. The Morgan fingerprint density at radius 3 is 0.844 bits per heavy atom. The standard InChI is InChI=1S/C76H48Se/c1-5-22-49(23-6-1)54-42-55(50-24-7-2-8-25-50)45-58(44-54)73-62-32-15-13-30-60(62)72(61-31-14-16-33-63(61)73)53-40-41-70-69(48-53)76-68(38-21-39-71(76)77-70)75-66-36-19-17-34-64(66)74(65-35-18-20-37-67(65)75)59-46-56(51-26-9-3-10-27-51)43-57(47-59)52-28-11-4-12-29-52/h1-48H. The molecule has 0 fully saturated rings. The van der Waals surface area contributed by atoms with Gasteiger partial charge in [0.15, 0.2) is 0 Å². The van der Waals surface area contributed by atoms with E-state index in [-0.39, 0.29) is 14.5 Å². The topological polar surface area (TPSA) is 0 Å². The van der Waals surface area contributed by atoms with E-state index < -0.39 is 0 Å². The van der Waals surface area contributed by atoms with Crippen LogP contribution in [0, 0.1) is 0 Å². The summed E-state index contributed by atoms with van der Waals surface area (Å²) in [6.45, 7) is 0. The Morgan fingerprint density at radius 2 is 0.481 bits per heavy atom. The van der Waals surface area contributed by atoms with Crippen molar-refractivity contribution in [2.75, 3.05) is 0 Å². The maximum Gasteiger partial charge on any atom is -0.0544 e. The fourth-order valence-electron chi connectivity index (χ4n) is 12.4. The normalized spacial score (nSPS) is 11.6. The van der Waals surface area contributed by atoms with Crippen molar-refractivity contribution in [3.63, 3.8) is 0 Å². The van der Waals surface area contributed by atoms with Crippen molar-refractivity contribution in [2.24, 2.45) is 0 Å². The predicted octanol–water partition coefficient (Wildman–Crippen LogP) is 21.0. The summed E-state index contributed by atoms with van der Waals surface area (Å²) in [7, 11) is 0. The second-order valence-corrected chi connectivity index (χ2v) is 22.5. The van der Waals surface area contributed by atoms with Gasteiger partial charge in [-0.2, -0.15) is 0 Å². The van der Waals surface area contributed by atoms with E-state index in [0.717, 1.165) is 0 Å². The summed E-state index contributed by atoms with van der Waals surface area (Å²) in [6.07, 6.45) is 0. The molecule has 0 saturated heterocycles. The van der Waals surface area contributed by atoms with Crippen LogP contribution in [0.1, 0.15) is 0 Å². The fraction of sp³-hybridized carbons (Fsp3) is 0. The molecule has 0 unspecified atom stereocenters. The van der Waals surface area contributed by atoms with Crippen LogP contribution < -0.4 is 0 Å². The maximum absolute atomic E-state index is 2.53. The van der Waals surface area contributed by atoms with E-state index in [4.69, 9.17) is 0 Å². The van der Waals surface area contributed by atoms with Crippen LogP contribution in [0.2, 0.25) is 0 Å². The molecule has 1 heteroatoms. The van der Waals surface area contributed by atoms with E-state index in [9.17, 15) is 0 Å². The van der Waals surface area contributed by atoms with Gasteiger partial charge < -0.3 is 0 Å². The second-order valence-electron chi connectivity index (χ2n) is 20.2. The zero-order valence-corrected chi connectivity index (χ0v) is 43.8. The van der Waals surface area contributed by atoms with Crippen LogP contribution >= 0.6 is 0 Å². The predicted molar refractivity (Wildman–Crippen MR) is 332 cm³/mol. The van der Waals surface area contributed by atoms with Gasteiger partial charge in [0.25, 0.3) is 0 Å². The van der Waals surface area contributed by atoms with Crippen molar-refractivity contribution in [1.82, 2.24) is 0 Å². The van der Waals surface area contributed by atoms with Gasteiger partial charge in [0.05, 0.1) is 0 Å². The first-order valence-corrected chi connectivity index (χ1v) is 28.3. The Labute approximate surface area is 454 Å². The first-order valence-electron chi connectivity index (χ1n) is 26.6. The van der Waals surface area contributed by atoms with Gasteiger partial charge in [-0.1, -0.05) is 97.1 Å². The van der Waals surface area contributed by atoms with Crippen LogP contribution in [-0.2, 0) is 0 Å². The second kappa shape index (κ2) is 18.8. The Bertz CT molecular complexity index is 4530. The van der Waals surface area contributed by atoms with Gasteiger partial charge in [0.1, 0.15) is 0 Å². The molecule has 0 atom stereocenters. The molecular formula is C76H48Se. The van der Waals surface area contributed by atoms with Crippen LogP contribution in [-0.4, -0.2) is 14.5 Å². The quantitative estimate of drug-likeness (QED) is 0.105. The molecule has 0 N–H and O–H groups in total. The average Bonchev–Trinajstić information content (AvgIpc) is 3.91. The van der Waals surface area contributed by atoms with Crippen LogP contribution in [0.3, 0.4) is 0 Å². The average molecular weight is 1040 g/mol. The molecule has 1 heterocycles. The molecule has 0 nitrogen and oxygen atoms in total. The van der Waals surface area contributed by atoms with Gasteiger partial charge in [-0.05, 0) is 0 Å². The third kappa shape index (κ3) is 7.74. The molecule has 0 aliphatic heterocycles. The van der Waals surface area contributed by atoms with Gasteiger partial charge >= 0.3 is 360 Å². The summed E-state index contributed by atoms with van der Waals surface area (Å²) in [5.41, 5.74) is 19.7. The van der Waals surface area contributed by atoms with Crippen LogP contribution in [0.4, 0.5) is 0 Å². The van der Waals surface area contributed by atoms with E-state index in [1.807, 2.05) is 0 Å².